The zero-order valence-electron chi connectivity index (χ0n) is 8.66. The zero-order valence-corrected chi connectivity index (χ0v) is 11.1. The van der Waals surface area contributed by atoms with Crippen molar-refractivity contribution < 1.29 is 9.47 Å². The Morgan fingerprint density at radius 1 is 1.31 bits per heavy atom. The predicted molar refractivity (Wildman–Crippen MR) is 68.3 cm³/mol. The Labute approximate surface area is 107 Å². The van der Waals surface area contributed by atoms with Crippen molar-refractivity contribution in [3.63, 3.8) is 0 Å². The van der Waals surface area contributed by atoms with Crippen LogP contribution in [0, 0.1) is 0 Å². The molecule has 16 heavy (non-hydrogen) atoms. The van der Waals surface area contributed by atoms with Gasteiger partial charge in [-0.3, -0.25) is 0 Å². The Bertz CT molecular complexity index is 407. The predicted octanol–water partition coefficient (Wildman–Crippen LogP) is 2.56. The lowest BCUT2D eigenvalue weighted by atomic mass is 10.2. The quantitative estimate of drug-likeness (QED) is 0.863. The maximum atomic E-state index is 5.61. The monoisotopic (exact) mass is 301 g/mol. The maximum absolute atomic E-state index is 5.61. The number of benzene rings is 1. The number of halogens is 1. The van der Waals surface area contributed by atoms with Gasteiger partial charge in [0.25, 0.3) is 0 Å². The Balaban J connectivity index is 1.97. The summed E-state index contributed by atoms with van der Waals surface area (Å²) in [5.41, 5.74) is 1.25. The van der Waals surface area contributed by atoms with Crippen molar-refractivity contribution in [3.05, 3.63) is 22.2 Å². The van der Waals surface area contributed by atoms with Crippen molar-refractivity contribution in [3.8, 4) is 11.5 Å². The molecule has 2 aliphatic heterocycles. The molecular formula is C11H12BrNO2S. The van der Waals surface area contributed by atoms with E-state index < -0.39 is 0 Å². The summed E-state index contributed by atoms with van der Waals surface area (Å²) in [7, 11) is 0. The molecule has 1 aromatic carbocycles. The lowest BCUT2D eigenvalue weighted by Crippen LogP contribution is -2.17. The second-order valence-corrected chi connectivity index (χ2v) is 5.80. The van der Waals surface area contributed by atoms with Crippen LogP contribution in [0.1, 0.15) is 10.9 Å². The Morgan fingerprint density at radius 3 is 3.00 bits per heavy atom. The lowest BCUT2D eigenvalue weighted by molar-refractivity contribution is 0.170. The van der Waals surface area contributed by atoms with Gasteiger partial charge in [0.1, 0.15) is 13.2 Å². The highest BCUT2D eigenvalue weighted by atomic mass is 79.9. The Kier molecular flexibility index (Phi) is 3.00. The minimum absolute atomic E-state index is 0.382. The van der Waals surface area contributed by atoms with Crippen LogP contribution in [0.2, 0.25) is 0 Å². The molecule has 0 amide bonds. The van der Waals surface area contributed by atoms with E-state index in [4.69, 9.17) is 9.47 Å². The van der Waals surface area contributed by atoms with Crippen molar-refractivity contribution in [1.29, 1.82) is 0 Å². The fourth-order valence-corrected chi connectivity index (χ4v) is 3.53. The molecule has 1 aromatic rings. The first-order chi connectivity index (χ1) is 7.84. The molecular weight excluding hydrogens is 290 g/mol. The highest BCUT2D eigenvalue weighted by Gasteiger charge is 2.22. The molecule has 1 unspecified atom stereocenters. The molecule has 0 spiro atoms. The average Bonchev–Trinajstić information content (AvgIpc) is 2.82. The van der Waals surface area contributed by atoms with Crippen LogP contribution in [0.15, 0.2) is 16.6 Å². The highest BCUT2D eigenvalue weighted by Crippen LogP contribution is 2.42. The summed E-state index contributed by atoms with van der Waals surface area (Å²) in [6, 6.07) is 4.19. The summed E-state index contributed by atoms with van der Waals surface area (Å²) >= 11 is 5.46. The first kappa shape index (κ1) is 10.7. The number of nitrogens with one attached hydrogen (secondary N) is 1. The average molecular weight is 302 g/mol. The van der Waals surface area contributed by atoms with Gasteiger partial charge in [0.2, 0.25) is 0 Å². The van der Waals surface area contributed by atoms with E-state index in [1.54, 1.807) is 0 Å². The highest BCUT2D eigenvalue weighted by molar-refractivity contribution is 9.10. The van der Waals surface area contributed by atoms with Crippen molar-refractivity contribution >= 4 is 27.7 Å². The third-order valence-electron chi connectivity index (χ3n) is 2.64. The molecule has 0 radical (unpaired) electrons. The van der Waals surface area contributed by atoms with Gasteiger partial charge < -0.3 is 14.8 Å². The summed E-state index contributed by atoms with van der Waals surface area (Å²) in [4.78, 5) is 0. The molecule has 0 bridgehead atoms. The van der Waals surface area contributed by atoms with Gasteiger partial charge in [-0.05, 0) is 33.6 Å². The summed E-state index contributed by atoms with van der Waals surface area (Å²) in [6.45, 7) is 2.33. The first-order valence-corrected chi connectivity index (χ1v) is 7.13. The largest absolute Gasteiger partial charge is 0.486 e. The number of ether oxygens (including phenoxy) is 2. The minimum atomic E-state index is 0.382. The molecule has 1 N–H and O–H groups in total. The summed E-state index contributed by atoms with van der Waals surface area (Å²) in [6.07, 6.45) is 0. The van der Waals surface area contributed by atoms with Crippen LogP contribution in [0.3, 0.4) is 0 Å². The third kappa shape index (κ3) is 1.92. The number of fused-ring (bicyclic) bond motifs is 1. The molecule has 3 nitrogen and oxygen atoms in total. The van der Waals surface area contributed by atoms with Crippen LogP contribution in [0.25, 0.3) is 0 Å². The molecule has 86 valence electrons. The SMILES string of the molecule is Brc1cc(C2NCCS2)cc2c1OCCO2. The topological polar surface area (TPSA) is 30.5 Å². The number of thioether (sulfide) groups is 1. The van der Waals surface area contributed by atoms with Gasteiger partial charge in [0.05, 0.1) is 9.85 Å². The fraction of sp³-hybridized carbons (Fsp3) is 0.455. The van der Waals surface area contributed by atoms with Crippen LogP contribution in [0.4, 0.5) is 0 Å². The van der Waals surface area contributed by atoms with Gasteiger partial charge in [0.15, 0.2) is 11.5 Å². The summed E-state index contributed by atoms with van der Waals surface area (Å²) in [5, 5.41) is 3.83. The van der Waals surface area contributed by atoms with Gasteiger partial charge in [0, 0.05) is 12.3 Å². The Morgan fingerprint density at radius 2 is 2.19 bits per heavy atom. The van der Waals surface area contributed by atoms with Gasteiger partial charge in [-0.25, -0.2) is 0 Å². The molecule has 0 aromatic heterocycles. The minimum Gasteiger partial charge on any atom is -0.486 e. The smallest absolute Gasteiger partial charge is 0.175 e. The first-order valence-electron chi connectivity index (χ1n) is 5.28. The lowest BCUT2D eigenvalue weighted by Gasteiger charge is -2.21. The summed E-state index contributed by atoms with van der Waals surface area (Å²) in [5.74, 6) is 2.85. The fourth-order valence-electron chi connectivity index (χ4n) is 1.92. The van der Waals surface area contributed by atoms with Crippen LogP contribution >= 0.6 is 27.7 Å². The van der Waals surface area contributed by atoms with Crippen LogP contribution in [-0.2, 0) is 0 Å². The third-order valence-corrected chi connectivity index (χ3v) is 4.44. The molecule has 2 aliphatic rings. The number of hydrogen-bond donors (Lipinski definition) is 1. The standard InChI is InChI=1S/C11H12BrNO2S/c12-8-5-7(11-13-1-4-16-11)6-9-10(8)15-3-2-14-9/h5-6,11,13H,1-4H2. The molecule has 5 heteroatoms. The van der Waals surface area contributed by atoms with Crippen molar-refractivity contribution in [2.75, 3.05) is 25.5 Å². The second-order valence-electron chi connectivity index (χ2n) is 3.73. The van der Waals surface area contributed by atoms with E-state index >= 15 is 0 Å². The maximum Gasteiger partial charge on any atom is 0.175 e. The molecule has 3 rings (SSSR count). The molecule has 2 heterocycles. The van der Waals surface area contributed by atoms with Crippen molar-refractivity contribution in [1.82, 2.24) is 5.32 Å². The zero-order chi connectivity index (χ0) is 11.0. The number of hydrogen-bond acceptors (Lipinski definition) is 4. The van der Waals surface area contributed by atoms with E-state index in [2.05, 4.69) is 33.4 Å². The van der Waals surface area contributed by atoms with E-state index in [1.807, 2.05) is 11.8 Å². The van der Waals surface area contributed by atoms with E-state index in [1.165, 1.54) is 5.56 Å². The molecule has 0 aliphatic carbocycles. The van der Waals surface area contributed by atoms with Crippen LogP contribution in [0.5, 0.6) is 11.5 Å². The molecule has 1 atom stereocenters. The van der Waals surface area contributed by atoms with Gasteiger partial charge in [-0.1, -0.05) is 0 Å². The van der Waals surface area contributed by atoms with Gasteiger partial charge in [-0.2, -0.15) is 0 Å². The van der Waals surface area contributed by atoms with E-state index in [0.717, 1.165) is 28.3 Å². The molecule has 0 saturated carbocycles. The molecule has 1 fully saturated rings. The van der Waals surface area contributed by atoms with Gasteiger partial charge >= 0.3 is 0 Å². The van der Waals surface area contributed by atoms with Crippen LogP contribution < -0.4 is 14.8 Å². The van der Waals surface area contributed by atoms with E-state index in [0.29, 0.717) is 18.6 Å². The summed E-state index contributed by atoms with van der Waals surface area (Å²) < 4.78 is 12.2. The normalized spacial score (nSPS) is 23.4. The van der Waals surface area contributed by atoms with E-state index in [-0.39, 0.29) is 0 Å². The van der Waals surface area contributed by atoms with Gasteiger partial charge in [-0.15, -0.1) is 11.8 Å². The number of rotatable bonds is 1. The van der Waals surface area contributed by atoms with E-state index in [9.17, 15) is 0 Å². The van der Waals surface area contributed by atoms with Crippen molar-refractivity contribution in [2.24, 2.45) is 0 Å². The van der Waals surface area contributed by atoms with Crippen LogP contribution in [-0.4, -0.2) is 25.5 Å². The van der Waals surface area contributed by atoms with Crippen molar-refractivity contribution in [2.45, 2.75) is 5.37 Å². The Hall–Kier alpha value is -0.390. The second kappa shape index (κ2) is 4.47. The molecule has 1 saturated heterocycles.